The van der Waals surface area contributed by atoms with Gasteiger partial charge < -0.3 is 5.73 Å². The van der Waals surface area contributed by atoms with Crippen molar-refractivity contribution in [1.29, 1.82) is 0 Å². The van der Waals surface area contributed by atoms with Gasteiger partial charge in [-0.05, 0) is 11.6 Å². The molecule has 6 nitrogen and oxygen atoms in total. The molecule has 0 aromatic heterocycles. The highest BCUT2D eigenvalue weighted by atomic mass is 32.3. The molecular weight excluding hydrogens is 300 g/mol. The van der Waals surface area contributed by atoms with Crippen LogP contribution in [0, 0.1) is 11.8 Å². The van der Waals surface area contributed by atoms with Crippen LogP contribution in [0.5, 0.6) is 0 Å². The third kappa shape index (κ3) is 6.16. The standard InChI is InChI=1S/C12H16N2O4S2/c1-19(15,16)10-20(17,18)14-9-12-6-3-2-5-11(12)7-4-8-13/h2-3,5-6,14H,8-10,13H2,1H3. The molecule has 0 unspecified atom stereocenters. The molecule has 1 rings (SSSR count). The van der Waals surface area contributed by atoms with Crippen LogP contribution in [-0.2, 0) is 26.4 Å². The average molecular weight is 316 g/mol. The Kier molecular flexibility index (Phi) is 5.71. The van der Waals surface area contributed by atoms with Crippen molar-refractivity contribution >= 4 is 19.9 Å². The van der Waals surface area contributed by atoms with E-state index in [1.165, 1.54) is 0 Å². The summed E-state index contributed by atoms with van der Waals surface area (Å²) in [4.78, 5) is 0. The molecule has 0 aliphatic carbocycles. The molecule has 0 saturated heterocycles. The van der Waals surface area contributed by atoms with Crippen molar-refractivity contribution in [1.82, 2.24) is 4.72 Å². The van der Waals surface area contributed by atoms with Crippen molar-refractivity contribution in [2.45, 2.75) is 6.54 Å². The van der Waals surface area contributed by atoms with Gasteiger partial charge in [0.1, 0.15) is 0 Å². The summed E-state index contributed by atoms with van der Waals surface area (Å²) in [7, 11) is -7.49. The van der Waals surface area contributed by atoms with Crippen LogP contribution in [-0.4, -0.2) is 34.7 Å². The molecular formula is C12H16N2O4S2. The Labute approximate surface area is 119 Å². The van der Waals surface area contributed by atoms with Crippen molar-refractivity contribution < 1.29 is 16.8 Å². The first-order valence-electron chi connectivity index (χ1n) is 5.65. The van der Waals surface area contributed by atoms with E-state index in [2.05, 4.69) is 16.6 Å². The number of hydrogen-bond acceptors (Lipinski definition) is 5. The normalized spacial score (nSPS) is 11.7. The molecule has 20 heavy (non-hydrogen) atoms. The molecule has 0 fully saturated rings. The smallest absolute Gasteiger partial charge is 0.226 e. The predicted molar refractivity (Wildman–Crippen MR) is 77.8 cm³/mol. The van der Waals surface area contributed by atoms with Crippen LogP contribution in [0.25, 0.3) is 0 Å². The zero-order valence-corrected chi connectivity index (χ0v) is 12.6. The molecule has 0 aliphatic rings. The van der Waals surface area contributed by atoms with Gasteiger partial charge in [0, 0.05) is 18.4 Å². The molecule has 1 aromatic carbocycles. The second-order valence-electron chi connectivity index (χ2n) is 4.14. The van der Waals surface area contributed by atoms with Gasteiger partial charge in [-0.15, -0.1) is 0 Å². The fraction of sp³-hybridized carbons (Fsp3) is 0.333. The summed E-state index contributed by atoms with van der Waals surface area (Å²) in [5, 5.41) is -0.934. The lowest BCUT2D eigenvalue weighted by Crippen LogP contribution is -2.29. The minimum absolute atomic E-state index is 0.0206. The Hall–Kier alpha value is -1.40. The van der Waals surface area contributed by atoms with E-state index in [4.69, 9.17) is 5.73 Å². The first-order valence-corrected chi connectivity index (χ1v) is 9.37. The molecule has 0 heterocycles. The molecule has 0 aliphatic heterocycles. The van der Waals surface area contributed by atoms with Gasteiger partial charge >= 0.3 is 0 Å². The minimum Gasteiger partial charge on any atom is -0.320 e. The highest BCUT2D eigenvalue weighted by molar-refractivity contribution is 8.06. The number of sulfonamides is 1. The topological polar surface area (TPSA) is 106 Å². The Balaban J connectivity index is 2.85. The fourth-order valence-electron chi connectivity index (χ4n) is 1.45. The van der Waals surface area contributed by atoms with E-state index in [9.17, 15) is 16.8 Å². The van der Waals surface area contributed by atoms with E-state index in [1.54, 1.807) is 24.3 Å². The van der Waals surface area contributed by atoms with Crippen LogP contribution in [0.15, 0.2) is 24.3 Å². The molecule has 0 amide bonds. The minimum atomic E-state index is -3.89. The lowest BCUT2D eigenvalue weighted by Gasteiger charge is -2.07. The van der Waals surface area contributed by atoms with Crippen LogP contribution >= 0.6 is 0 Å². The van der Waals surface area contributed by atoms with Crippen LogP contribution in [0.2, 0.25) is 0 Å². The van der Waals surface area contributed by atoms with Crippen LogP contribution in [0.3, 0.4) is 0 Å². The van der Waals surface area contributed by atoms with Gasteiger partial charge in [0.25, 0.3) is 0 Å². The second-order valence-corrected chi connectivity index (χ2v) is 8.45. The van der Waals surface area contributed by atoms with E-state index in [0.29, 0.717) is 11.1 Å². The van der Waals surface area contributed by atoms with E-state index in [1.807, 2.05) is 0 Å². The van der Waals surface area contributed by atoms with Gasteiger partial charge in [-0.1, -0.05) is 30.0 Å². The summed E-state index contributed by atoms with van der Waals surface area (Å²) in [5.74, 6) is 5.51. The summed E-state index contributed by atoms with van der Waals surface area (Å²) in [6, 6.07) is 6.97. The molecule has 8 heteroatoms. The van der Waals surface area contributed by atoms with Crippen LogP contribution in [0.4, 0.5) is 0 Å². The van der Waals surface area contributed by atoms with E-state index < -0.39 is 24.9 Å². The maximum absolute atomic E-state index is 11.6. The molecule has 0 atom stereocenters. The third-order valence-corrected chi connectivity index (χ3v) is 5.73. The SMILES string of the molecule is CS(=O)(=O)CS(=O)(=O)NCc1ccccc1C#CCN. The monoisotopic (exact) mass is 316 g/mol. The van der Waals surface area contributed by atoms with E-state index in [0.717, 1.165) is 6.26 Å². The number of nitrogens with one attached hydrogen (secondary N) is 1. The number of benzene rings is 1. The highest BCUT2D eigenvalue weighted by Crippen LogP contribution is 2.07. The van der Waals surface area contributed by atoms with Gasteiger partial charge in [0.15, 0.2) is 14.9 Å². The number of hydrogen-bond donors (Lipinski definition) is 2. The summed E-state index contributed by atoms with van der Waals surface area (Å²) in [6.07, 6.45) is 0.868. The molecule has 3 N–H and O–H groups in total. The number of rotatable bonds is 5. The second kappa shape index (κ2) is 6.85. The number of nitrogens with two attached hydrogens (primary N) is 1. The van der Waals surface area contributed by atoms with Crippen LogP contribution < -0.4 is 10.5 Å². The largest absolute Gasteiger partial charge is 0.320 e. The predicted octanol–water partition coefficient (Wildman–Crippen LogP) is -0.582. The summed E-state index contributed by atoms with van der Waals surface area (Å²) >= 11 is 0. The lowest BCUT2D eigenvalue weighted by molar-refractivity contribution is 0.580. The first kappa shape index (κ1) is 16.7. The Morgan fingerprint density at radius 3 is 2.45 bits per heavy atom. The van der Waals surface area contributed by atoms with Gasteiger partial charge in [-0.2, -0.15) is 0 Å². The molecule has 0 radical (unpaired) electrons. The van der Waals surface area contributed by atoms with Crippen molar-refractivity contribution in [3.8, 4) is 11.8 Å². The molecule has 0 spiro atoms. The molecule has 0 saturated carbocycles. The first-order chi connectivity index (χ1) is 9.23. The van der Waals surface area contributed by atoms with E-state index >= 15 is 0 Å². The maximum Gasteiger partial charge on any atom is 0.226 e. The van der Waals surface area contributed by atoms with Crippen molar-refractivity contribution in [3.63, 3.8) is 0 Å². The van der Waals surface area contributed by atoms with Gasteiger partial charge in [0.05, 0.1) is 6.54 Å². The van der Waals surface area contributed by atoms with Crippen molar-refractivity contribution in [3.05, 3.63) is 35.4 Å². The van der Waals surface area contributed by atoms with Crippen LogP contribution in [0.1, 0.15) is 11.1 Å². The average Bonchev–Trinajstić information content (AvgIpc) is 2.32. The zero-order valence-electron chi connectivity index (χ0n) is 11.0. The van der Waals surface area contributed by atoms with Gasteiger partial charge in [-0.25, -0.2) is 21.6 Å². The summed E-state index contributed by atoms with van der Waals surface area (Å²) < 4.78 is 47.5. The lowest BCUT2D eigenvalue weighted by atomic mass is 10.1. The van der Waals surface area contributed by atoms with Gasteiger partial charge in [0.2, 0.25) is 10.0 Å². The van der Waals surface area contributed by atoms with E-state index in [-0.39, 0.29) is 13.1 Å². The highest BCUT2D eigenvalue weighted by Gasteiger charge is 2.17. The molecule has 1 aromatic rings. The van der Waals surface area contributed by atoms with Crippen molar-refractivity contribution in [2.75, 3.05) is 17.9 Å². The quantitative estimate of drug-likeness (QED) is 0.707. The van der Waals surface area contributed by atoms with Crippen molar-refractivity contribution in [2.24, 2.45) is 5.73 Å². The molecule has 110 valence electrons. The zero-order chi connectivity index (χ0) is 15.2. The molecule has 0 bridgehead atoms. The third-order valence-electron chi connectivity index (χ3n) is 2.19. The Morgan fingerprint density at radius 1 is 1.20 bits per heavy atom. The summed E-state index contributed by atoms with van der Waals surface area (Å²) in [6.45, 7) is 0.182. The number of sulfone groups is 1. The maximum atomic E-state index is 11.6. The van der Waals surface area contributed by atoms with Gasteiger partial charge in [-0.3, -0.25) is 0 Å². The Bertz CT molecular complexity index is 728. The summed E-state index contributed by atoms with van der Waals surface area (Å²) in [5.41, 5.74) is 6.60. The Morgan fingerprint density at radius 2 is 1.85 bits per heavy atom. The fourth-order valence-corrected chi connectivity index (χ4v) is 4.42.